The molecule has 2 aromatic rings. The van der Waals surface area contributed by atoms with Crippen LogP contribution in [0.25, 0.3) is 0 Å². The smallest absolute Gasteiger partial charge is 0.124 e. The summed E-state index contributed by atoms with van der Waals surface area (Å²) in [5.74, 6) is 1.38. The molecule has 106 valence electrons. The Hall–Kier alpha value is -2.00. The van der Waals surface area contributed by atoms with Gasteiger partial charge in [-0.25, -0.2) is 0 Å². The summed E-state index contributed by atoms with van der Waals surface area (Å²) in [5.41, 5.74) is 3.03. The van der Waals surface area contributed by atoms with E-state index in [2.05, 4.69) is 6.07 Å². The van der Waals surface area contributed by atoms with Crippen LogP contribution in [0.2, 0.25) is 0 Å². The predicted molar refractivity (Wildman–Crippen MR) is 79.4 cm³/mol. The van der Waals surface area contributed by atoms with Gasteiger partial charge in [-0.3, -0.25) is 0 Å². The Balaban J connectivity index is 2.25. The van der Waals surface area contributed by atoms with Crippen molar-refractivity contribution in [2.75, 3.05) is 14.2 Å². The van der Waals surface area contributed by atoms with Gasteiger partial charge in [-0.15, -0.1) is 0 Å². The first-order valence-corrected chi connectivity index (χ1v) is 6.59. The van der Waals surface area contributed by atoms with E-state index < -0.39 is 6.10 Å². The number of hydrogen-bond acceptors (Lipinski definition) is 3. The number of methoxy groups -OCH3 is 2. The van der Waals surface area contributed by atoms with E-state index in [1.54, 1.807) is 14.2 Å². The molecule has 0 aliphatic rings. The average molecular weight is 272 g/mol. The normalized spacial score (nSPS) is 12.0. The van der Waals surface area contributed by atoms with Crippen molar-refractivity contribution in [1.82, 2.24) is 0 Å². The van der Waals surface area contributed by atoms with Crippen LogP contribution in [0.3, 0.4) is 0 Å². The topological polar surface area (TPSA) is 38.7 Å². The van der Waals surface area contributed by atoms with Crippen LogP contribution in [-0.4, -0.2) is 19.3 Å². The van der Waals surface area contributed by atoms with Crippen LogP contribution in [0.15, 0.2) is 42.5 Å². The zero-order chi connectivity index (χ0) is 14.5. The third kappa shape index (κ3) is 3.31. The lowest BCUT2D eigenvalue weighted by atomic mass is 9.99. The maximum absolute atomic E-state index is 10.5. The Kier molecular flexibility index (Phi) is 4.64. The summed E-state index contributed by atoms with van der Waals surface area (Å²) in [6.07, 6.45) is -0.0765. The van der Waals surface area contributed by atoms with Gasteiger partial charge in [-0.1, -0.05) is 29.8 Å². The lowest BCUT2D eigenvalue weighted by molar-refractivity contribution is 0.173. The first-order valence-electron chi connectivity index (χ1n) is 6.59. The first kappa shape index (κ1) is 14.4. The predicted octanol–water partition coefficient (Wildman–Crippen LogP) is 3.29. The quantitative estimate of drug-likeness (QED) is 0.907. The van der Waals surface area contributed by atoms with Gasteiger partial charge in [0.1, 0.15) is 11.5 Å². The summed E-state index contributed by atoms with van der Waals surface area (Å²) >= 11 is 0. The summed E-state index contributed by atoms with van der Waals surface area (Å²) < 4.78 is 10.5. The molecule has 1 N–H and O–H groups in total. The molecule has 20 heavy (non-hydrogen) atoms. The number of aliphatic hydroxyl groups excluding tert-OH is 1. The molecule has 0 saturated heterocycles. The van der Waals surface area contributed by atoms with Crippen LogP contribution in [0.1, 0.15) is 22.8 Å². The number of benzene rings is 2. The molecule has 0 radical (unpaired) electrons. The molecule has 0 aromatic heterocycles. The van der Waals surface area contributed by atoms with E-state index in [1.165, 1.54) is 5.56 Å². The third-order valence-electron chi connectivity index (χ3n) is 3.31. The highest BCUT2D eigenvalue weighted by Crippen LogP contribution is 2.31. The maximum atomic E-state index is 10.5. The fourth-order valence-corrected chi connectivity index (χ4v) is 2.27. The van der Waals surface area contributed by atoms with Crippen molar-refractivity contribution in [3.8, 4) is 11.5 Å². The van der Waals surface area contributed by atoms with Gasteiger partial charge in [0.05, 0.1) is 20.3 Å². The van der Waals surface area contributed by atoms with E-state index in [0.29, 0.717) is 17.9 Å². The first-order chi connectivity index (χ1) is 9.63. The number of ether oxygens (including phenoxy) is 2. The highest BCUT2D eigenvalue weighted by Gasteiger charge is 2.15. The molecular formula is C17H20O3. The average Bonchev–Trinajstić information content (AvgIpc) is 2.46. The van der Waals surface area contributed by atoms with Crippen molar-refractivity contribution >= 4 is 0 Å². The van der Waals surface area contributed by atoms with Crippen molar-refractivity contribution in [3.63, 3.8) is 0 Å². The van der Waals surface area contributed by atoms with Crippen LogP contribution in [0.4, 0.5) is 0 Å². The zero-order valence-corrected chi connectivity index (χ0v) is 12.1. The summed E-state index contributed by atoms with van der Waals surface area (Å²) in [7, 11) is 3.21. The van der Waals surface area contributed by atoms with Crippen LogP contribution >= 0.6 is 0 Å². The minimum atomic E-state index is -0.623. The van der Waals surface area contributed by atoms with Gasteiger partial charge < -0.3 is 14.6 Å². The van der Waals surface area contributed by atoms with Crippen molar-refractivity contribution in [2.45, 2.75) is 19.4 Å². The van der Waals surface area contributed by atoms with Crippen LogP contribution in [0.5, 0.6) is 11.5 Å². The second kappa shape index (κ2) is 6.44. The van der Waals surface area contributed by atoms with Gasteiger partial charge in [0, 0.05) is 12.0 Å². The van der Waals surface area contributed by atoms with E-state index in [1.807, 2.05) is 43.3 Å². The number of rotatable bonds is 5. The summed E-state index contributed by atoms with van der Waals surface area (Å²) in [6, 6.07) is 13.6. The molecule has 3 nitrogen and oxygen atoms in total. The summed E-state index contributed by atoms with van der Waals surface area (Å²) in [6.45, 7) is 2.04. The maximum Gasteiger partial charge on any atom is 0.124 e. The van der Waals surface area contributed by atoms with E-state index in [-0.39, 0.29) is 0 Å². The fraction of sp³-hybridized carbons (Fsp3) is 0.294. The van der Waals surface area contributed by atoms with Crippen molar-refractivity contribution in [3.05, 3.63) is 59.2 Å². The van der Waals surface area contributed by atoms with Gasteiger partial charge in [0.25, 0.3) is 0 Å². The molecule has 2 rings (SSSR count). The third-order valence-corrected chi connectivity index (χ3v) is 3.31. The lowest BCUT2D eigenvalue weighted by Crippen LogP contribution is -2.05. The van der Waals surface area contributed by atoms with Gasteiger partial charge in [-0.2, -0.15) is 0 Å². The molecule has 3 heteroatoms. The Morgan fingerprint density at radius 3 is 2.50 bits per heavy atom. The van der Waals surface area contributed by atoms with Gasteiger partial charge in [0.2, 0.25) is 0 Å². The highest BCUT2D eigenvalue weighted by molar-refractivity contribution is 5.42. The Bertz CT molecular complexity index is 578. The largest absolute Gasteiger partial charge is 0.497 e. The number of aryl methyl sites for hydroxylation is 1. The molecule has 0 aliphatic carbocycles. The monoisotopic (exact) mass is 272 g/mol. The Morgan fingerprint density at radius 2 is 1.85 bits per heavy atom. The zero-order valence-electron chi connectivity index (χ0n) is 12.1. The lowest BCUT2D eigenvalue weighted by Gasteiger charge is -2.16. The number of aliphatic hydroxyl groups is 1. The molecule has 0 amide bonds. The standard InChI is InChI=1S/C17H20O3/c1-12-5-4-6-13(9-12)10-16(18)15-11-14(19-2)7-8-17(15)20-3/h4-9,11,16,18H,10H2,1-3H3. The van der Waals surface area contributed by atoms with Crippen molar-refractivity contribution < 1.29 is 14.6 Å². The molecule has 0 heterocycles. The van der Waals surface area contributed by atoms with Crippen LogP contribution in [0, 0.1) is 6.92 Å². The Labute approximate surface area is 119 Å². The molecule has 0 aliphatic heterocycles. The second-order valence-corrected chi connectivity index (χ2v) is 4.82. The molecule has 0 saturated carbocycles. The van der Waals surface area contributed by atoms with E-state index >= 15 is 0 Å². The summed E-state index contributed by atoms with van der Waals surface area (Å²) in [4.78, 5) is 0. The SMILES string of the molecule is COc1ccc(OC)c(C(O)Cc2cccc(C)c2)c1. The Morgan fingerprint density at radius 1 is 1.05 bits per heavy atom. The van der Waals surface area contributed by atoms with Crippen molar-refractivity contribution in [2.24, 2.45) is 0 Å². The minimum absolute atomic E-state index is 0.547. The molecule has 2 aromatic carbocycles. The van der Waals surface area contributed by atoms with Gasteiger partial charge >= 0.3 is 0 Å². The molecule has 1 atom stereocenters. The van der Waals surface area contributed by atoms with Gasteiger partial charge in [0.15, 0.2) is 0 Å². The van der Waals surface area contributed by atoms with Gasteiger partial charge in [-0.05, 0) is 30.7 Å². The van der Waals surface area contributed by atoms with Crippen LogP contribution in [-0.2, 0) is 6.42 Å². The van der Waals surface area contributed by atoms with E-state index in [0.717, 1.165) is 11.1 Å². The molecular weight excluding hydrogens is 252 g/mol. The fourth-order valence-electron chi connectivity index (χ4n) is 2.27. The van der Waals surface area contributed by atoms with E-state index in [4.69, 9.17) is 9.47 Å². The molecule has 0 bridgehead atoms. The molecule has 0 fully saturated rings. The molecule has 0 spiro atoms. The molecule has 1 unspecified atom stereocenters. The minimum Gasteiger partial charge on any atom is -0.497 e. The summed E-state index contributed by atoms with van der Waals surface area (Å²) in [5, 5.41) is 10.5. The van der Waals surface area contributed by atoms with E-state index in [9.17, 15) is 5.11 Å². The van der Waals surface area contributed by atoms with Crippen LogP contribution < -0.4 is 9.47 Å². The van der Waals surface area contributed by atoms with Crippen molar-refractivity contribution in [1.29, 1.82) is 0 Å². The second-order valence-electron chi connectivity index (χ2n) is 4.82. The number of hydrogen-bond donors (Lipinski definition) is 1. The highest BCUT2D eigenvalue weighted by atomic mass is 16.5.